The Morgan fingerprint density at radius 3 is 2.46 bits per heavy atom. The first-order valence-corrected chi connectivity index (χ1v) is 7.88. The lowest BCUT2D eigenvalue weighted by Gasteiger charge is -2.11. The van der Waals surface area contributed by atoms with Gasteiger partial charge in [0.2, 0.25) is 5.91 Å². The lowest BCUT2D eigenvalue weighted by atomic mass is 10.1. The van der Waals surface area contributed by atoms with Gasteiger partial charge < -0.3 is 10.0 Å². The van der Waals surface area contributed by atoms with E-state index in [0.29, 0.717) is 6.42 Å². The second-order valence-corrected chi connectivity index (χ2v) is 5.74. The predicted octanol–water partition coefficient (Wildman–Crippen LogP) is 2.72. The minimum absolute atomic E-state index is 0.215. The van der Waals surface area contributed by atoms with E-state index in [1.165, 1.54) is 0 Å². The summed E-state index contributed by atoms with van der Waals surface area (Å²) in [5, 5.41) is 14.0. The van der Waals surface area contributed by atoms with Gasteiger partial charge in [-0.25, -0.2) is 5.43 Å². The van der Waals surface area contributed by atoms with E-state index >= 15 is 0 Å². The molecule has 0 aliphatic carbocycles. The number of carbonyl (C=O) groups is 1. The zero-order chi connectivity index (χ0) is 17.4. The lowest BCUT2D eigenvalue weighted by molar-refractivity contribution is -0.121. The van der Waals surface area contributed by atoms with Gasteiger partial charge in [0.1, 0.15) is 0 Å². The normalized spacial score (nSPS) is 12.1. The Hall–Kier alpha value is -2.66. The van der Waals surface area contributed by atoms with E-state index in [9.17, 15) is 9.90 Å². The summed E-state index contributed by atoms with van der Waals surface area (Å²) in [6.45, 7) is 0. The van der Waals surface area contributed by atoms with E-state index in [1.54, 1.807) is 6.21 Å². The number of carbonyl (C=O) groups excluding carboxylic acids is 1. The van der Waals surface area contributed by atoms with E-state index in [-0.39, 0.29) is 12.3 Å². The van der Waals surface area contributed by atoms with Gasteiger partial charge >= 0.3 is 0 Å². The van der Waals surface area contributed by atoms with E-state index in [1.807, 2.05) is 73.6 Å². The van der Waals surface area contributed by atoms with Gasteiger partial charge in [0, 0.05) is 26.2 Å². The van der Waals surface area contributed by atoms with Gasteiger partial charge in [-0.3, -0.25) is 4.79 Å². The van der Waals surface area contributed by atoms with Crippen molar-refractivity contribution in [3.8, 4) is 0 Å². The van der Waals surface area contributed by atoms with Crippen molar-refractivity contribution in [1.29, 1.82) is 0 Å². The molecule has 0 radical (unpaired) electrons. The van der Waals surface area contributed by atoms with E-state index in [4.69, 9.17) is 0 Å². The van der Waals surface area contributed by atoms with Crippen molar-refractivity contribution in [3.05, 3.63) is 65.7 Å². The molecule has 0 spiro atoms. The predicted molar refractivity (Wildman–Crippen MR) is 97.1 cm³/mol. The molecule has 5 heteroatoms. The maximum atomic E-state index is 11.8. The van der Waals surface area contributed by atoms with Gasteiger partial charge in [0.15, 0.2) is 0 Å². The Morgan fingerprint density at radius 2 is 1.83 bits per heavy atom. The van der Waals surface area contributed by atoms with E-state index < -0.39 is 6.10 Å². The first-order chi connectivity index (χ1) is 11.6. The van der Waals surface area contributed by atoms with Gasteiger partial charge in [0.25, 0.3) is 0 Å². The summed E-state index contributed by atoms with van der Waals surface area (Å²) in [7, 11) is 3.96. The molecule has 2 N–H and O–H groups in total. The van der Waals surface area contributed by atoms with Crippen molar-refractivity contribution >= 4 is 17.8 Å². The van der Waals surface area contributed by atoms with Crippen LogP contribution in [0.25, 0.3) is 0 Å². The third-order valence-electron chi connectivity index (χ3n) is 3.64. The molecule has 2 rings (SSSR count). The number of nitrogens with zero attached hydrogens (tertiary/aromatic N) is 2. The van der Waals surface area contributed by atoms with Crippen LogP contribution in [-0.2, 0) is 4.79 Å². The fourth-order valence-electron chi connectivity index (χ4n) is 2.20. The van der Waals surface area contributed by atoms with Crippen molar-refractivity contribution in [2.75, 3.05) is 19.0 Å². The lowest BCUT2D eigenvalue weighted by Crippen LogP contribution is -2.18. The maximum absolute atomic E-state index is 11.8. The van der Waals surface area contributed by atoms with Crippen LogP contribution in [-0.4, -0.2) is 31.3 Å². The Morgan fingerprint density at radius 1 is 1.17 bits per heavy atom. The van der Waals surface area contributed by atoms with Crippen LogP contribution in [0.3, 0.4) is 0 Å². The van der Waals surface area contributed by atoms with Crippen LogP contribution in [0.5, 0.6) is 0 Å². The average Bonchev–Trinajstić information content (AvgIpc) is 2.61. The number of aliphatic hydroxyl groups is 1. The molecule has 0 saturated heterocycles. The summed E-state index contributed by atoms with van der Waals surface area (Å²) >= 11 is 0. The van der Waals surface area contributed by atoms with Crippen LogP contribution < -0.4 is 10.3 Å². The number of rotatable bonds is 7. The molecule has 0 heterocycles. The molecule has 2 aromatic carbocycles. The maximum Gasteiger partial charge on any atom is 0.240 e. The smallest absolute Gasteiger partial charge is 0.240 e. The molecule has 0 aliphatic heterocycles. The van der Waals surface area contributed by atoms with Crippen LogP contribution in [0, 0.1) is 0 Å². The first-order valence-electron chi connectivity index (χ1n) is 7.88. The van der Waals surface area contributed by atoms with Crippen LogP contribution >= 0.6 is 0 Å². The molecule has 0 saturated carbocycles. The van der Waals surface area contributed by atoms with Gasteiger partial charge in [-0.1, -0.05) is 42.5 Å². The van der Waals surface area contributed by atoms with Crippen molar-refractivity contribution < 1.29 is 9.90 Å². The Labute approximate surface area is 142 Å². The zero-order valence-electron chi connectivity index (χ0n) is 14.0. The summed E-state index contributed by atoms with van der Waals surface area (Å²) in [5.41, 5.74) is 5.31. The summed E-state index contributed by atoms with van der Waals surface area (Å²) in [6, 6.07) is 17.2. The molecule has 0 fully saturated rings. The van der Waals surface area contributed by atoms with Crippen molar-refractivity contribution in [2.24, 2.45) is 5.10 Å². The highest BCUT2D eigenvalue weighted by molar-refractivity contribution is 5.82. The second-order valence-electron chi connectivity index (χ2n) is 5.74. The van der Waals surface area contributed by atoms with Gasteiger partial charge in [-0.2, -0.15) is 5.10 Å². The van der Waals surface area contributed by atoms with Gasteiger partial charge in [-0.15, -0.1) is 0 Å². The number of aliphatic hydroxyl groups excluding tert-OH is 1. The molecular formula is C19H23N3O2. The summed E-state index contributed by atoms with van der Waals surface area (Å²) in [5.74, 6) is -0.217. The third kappa shape index (κ3) is 5.52. The van der Waals surface area contributed by atoms with Crippen LogP contribution in [0.1, 0.15) is 30.1 Å². The zero-order valence-corrected chi connectivity index (χ0v) is 14.0. The molecule has 0 aromatic heterocycles. The van der Waals surface area contributed by atoms with Crippen molar-refractivity contribution in [1.82, 2.24) is 5.43 Å². The SMILES string of the molecule is CN(C)c1ccc(/C=N\NC(=O)CC[C@H](O)c2ccccc2)cc1. The molecule has 5 nitrogen and oxygen atoms in total. The standard InChI is InChI=1S/C19H23N3O2/c1-22(2)17-10-8-15(9-11-17)14-20-21-19(24)13-12-18(23)16-6-4-3-5-7-16/h3-11,14,18,23H,12-13H2,1-2H3,(H,21,24)/b20-14-/t18-/m0/s1. The molecule has 0 bridgehead atoms. The number of hydrogen-bond donors (Lipinski definition) is 2. The molecule has 24 heavy (non-hydrogen) atoms. The van der Waals surface area contributed by atoms with E-state index in [0.717, 1.165) is 16.8 Å². The quantitative estimate of drug-likeness (QED) is 0.608. The Balaban J connectivity index is 1.76. The van der Waals surface area contributed by atoms with Gasteiger partial charge in [0.05, 0.1) is 12.3 Å². The highest BCUT2D eigenvalue weighted by Crippen LogP contribution is 2.17. The molecule has 0 aliphatic rings. The fraction of sp³-hybridized carbons (Fsp3) is 0.263. The first kappa shape index (κ1) is 17.7. The highest BCUT2D eigenvalue weighted by atomic mass is 16.3. The fourth-order valence-corrected chi connectivity index (χ4v) is 2.20. The minimum atomic E-state index is -0.639. The van der Waals surface area contributed by atoms with Crippen LogP contribution in [0.2, 0.25) is 0 Å². The number of benzene rings is 2. The largest absolute Gasteiger partial charge is 0.388 e. The second kappa shape index (κ2) is 8.84. The summed E-state index contributed by atoms with van der Waals surface area (Å²) in [6.07, 6.45) is 1.54. The number of anilines is 1. The molecule has 2 aromatic rings. The highest BCUT2D eigenvalue weighted by Gasteiger charge is 2.09. The van der Waals surface area contributed by atoms with Crippen molar-refractivity contribution in [2.45, 2.75) is 18.9 Å². The number of hydrogen-bond acceptors (Lipinski definition) is 4. The molecule has 1 atom stereocenters. The molecular weight excluding hydrogens is 302 g/mol. The summed E-state index contributed by atoms with van der Waals surface area (Å²) in [4.78, 5) is 13.8. The van der Waals surface area contributed by atoms with E-state index in [2.05, 4.69) is 10.5 Å². The Bertz CT molecular complexity index is 667. The topological polar surface area (TPSA) is 64.9 Å². The number of amides is 1. The third-order valence-corrected chi connectivity index (χ3v) is 3.64. The monoisotopic (exact) mass is 325 g/mol. The van der Waals surface area contributed by atoms with Crippen LogP contribution in [0.15, 0.2) is 59.7 Å². The van der Waals surface area contributed by atoms with Crippen LogP contribution in [0.4, 0.5) is 5.69 Å². The van der Waals surface area contributed by atoms with Gasteiger partial charge in [-0.05, 0) is 29.7 Å². The summed E-state index contributed by atoms with van der Waals surface area (Å²) < 4.78 is 0. The number of hydrazone groups is 1. The number of nitrogens with one attached hydrogen (secondary N) is 1. The van der Waals surface area contributed by atoms with Crippen molar-refractivity contribution in [3.63, 3.8) is 0 Å². The molecule has 126 valence electrons. The Kier molecular flexibility index (Phi) is 6.51. The molecule has 1 amide bonds. The average molecular weight is 325 g/mol. The molecule has 0 unspecified atom stereocenters. The minimum Gasteiger partial charge on any atom is -0.388 e.